The molecule has 1 aromatic heterocycles. The number of aryl methyl sites for hydroxylation is 1. The number of benzene rings is 2. The Labute approximate surface area is 156 Å². The van der Waals surface area contributed by atoms with Gasteiger partial charge in [-0.15, -0.1) is 0 Å². The SMILES string of the molecule is Cc1cnccc1-c1cccc(C(C)NSc2ccccc2[N+](=O)[O-])c1. The van der Waals surface area contributed by atoms with Crippen molar-refractivity contribution < 1.29 is 4.92 Å². The van der Waals surface area contributed by atoms with Gasteiger partial charge in [0.25, 0.3) is 5.69 Å². The van der Waals surface area contributed by atoms with E-state index < -0.39 is 0 Å². The molecular weight excluding hydrogens is 346 g/mol. The summed E-state index contributed by atoms with van der Waals surface area (Å²) in [7, 11) is 0. The van der Waals surface area contributed by atoms with E-state index >= 15 is 0 Å². The van der Waals surface area contributed by atoms with Crippen molar-refractivity contribution in [2.24, 2.45) is 0 Å². The summed E-state index contributed by atoms with van der Waals surface area (Å²) in [4.78, 5) is 15.5. The highest BCUT2D eigenvalue weighted by Crippen LogP contribution is 2.30. The van der Waals surface area contributed by atoms with E-state index in [0.29, 0.717) is 4.90 Å². The Morgan fingerprint density at radius 2 is 1.96 bits per heavy atom. The second-order valence-electron chi connectivity index (χ2n) is 5.98. The molecule has 0 spiro atoms. The van der Waals surface area contributed by atoms with E-state index in [1.54, 1.807) is 24.4 Å². The van der Waals surface area contributed by atoms with Gasteiger partial charge in [-0.05, 0) is 66.2 Å². The molecule has 1 N–H and O–H groups in total. The minimum atomic E-state index is -0.360. The minimum absolute atomic E-state index is 0.0295. The number of para-hydroxylation sites is 1. The number of rotatable bonds is 6. The Morgan fingerprint density at radius 3 is 2.73 bits per heavy atom. The molecule has 0 aliphatic carbocycles. The molecule has 0 radical (unpaired) electrons. The summed E-state index contributed by atoms with van der Waals surface area (Å²) < 4.78 is 3.30. The summed E-state index contributed by atoms with van der Waals surface area (Å²) in [6.07, 6.45) is 3.65. The molecule has 26 heavy (non-hydrogen) atoms. The van der Waals surface area contributed by atoms with Crippen LogP contribution in [0.2, 0.25) is 0 Å². The zero-order valence-corrected chi connectivity index (χ0v) is 15.4. The fourth-order valence-electron chi connectivity index (χ4n) is 2.69. The van der Waals surface area contributed by atoms with E-state index in [9.17, 15) is 10.1 Å². The lowest BCUT2D eigenvalue weighted by Gasteiger charge is -2.15. The second kappa shape index (κ2) is 8.12. The summed E-state index contributed by atoms with van der Waals surface area (Å²) in [6, 6.07) is 17.1. The zero-order chi connectivity index (χ0) is 18.5. The lowest BCUT2D eigenvalue weighted by Crippen LogP contribution is -2.10. The van der Waals surface area contributed by atoms with Gasteiger partial charge >= 0.3 is 0 Å². The van der Waals surface area contributed by atoms with Crippen LogP contribution in [0.5, 0.6) is 0 Å². The van der Waals surface area contributed by atoms with E-state index in [-0.39, 0.29) is 16.7 Å². The van der Waals surface area contributed by atoms with Crippen LogP contribution in [-0.4, -0.2) is 9.91 Å². The number of aromatic nitrogens is 1. The van der Waals surface area contributed by atoms with Crippen LogP contribution in [0, 0.1) is 17.0 Å². The van der Waals surface area contributed by atoms with E-state index in [0.717, 1.165) is 22.3 Å². The van der Waals surface area contributed by atoms with Gasteiger partial charge in [-0.1, -0.05) is 30.3 Å². The van der Waals surface area contributed by atoms with Crippen molar-refractivity contribution in [2.75, 3.05) is 0 Å². The molecule has 1 unspecified atom stereocenters. The fraction of sp³-hybridized carbons (Fsp3) is 0.150. The van der Waals surface area contributed by atoms with Gasteiger partial charge in [0.2, 0.25) is 0 Å². The molecule has 3 aromatic rings. The Hall–Kier alpha value is -2.70. The van der Waals surface area contributed by atoms with Crippen LogP contribution < -0.4 is 4.72 Å². The molecule has 132 valence electrons. The molecule has 2 aromatic carbocycles. The van der Waals surface area contributed by atoms with Crippen molar-refractivity contribution in [3.63, 3.8) is 0 Å². The first-order chi connectivity index (χ1) is 12.6. The van der Waals surface area contributed by atoms with Crippen LogP contribution in [0.25, 0.3) is 11.1 Å². The van der Waals surface area contributed by atoms with Gasteiger partial charge in [0, 0.05) is 24.5 Å². The molecule has 1 heterocycles. The average molecular weight is 365 g/mol. The third kappa shape index (κ3) is 4.09. The van der Waals surface area contributed by atoms with Crippen molar-refractivity contribution in [3.05, 3.63) is 88.2 Å². The maximum Gasteiger partial charge on any atom is 0.284 e. The number of nitrogens with one attached hydrogen (secondary N) is 1. The topological polar surface area (TPSA) is 68.1 Å². The van der Waals surface area contributed by atoms with E-state index in [1.807, 2.05) is 32.2 Å². The number of nitrogens with zero attached hydrogens (tertiary/aromatic N) is 2. The summed E-state index contributed by atoms with van der Waals surface area (Å²) in [5.41, 5.74) is 4.63. The monoisotopic (exact) mass is 365 g/mol. The highest BCUT2D eigenvalue weighted by Gasteiger charge is 2.15. The van der Waals surface area contributed by atoms with Crippen molar-refractivity contribution >= 4 is 17.6 Å². The summed E-state index contributed by atoms with van der Waals surface area (Å²) in [6.45, 7) is 4.08. The highest BCUT2D eigenvalue weighted by molar-refractivity contribution is 7.97. The van der Waals surface area contributed by atoms with Crippen LogP contribution in [0.1, 0.15) is 24.1 Å². The van der Waals surface area contributed by atoms with Gasteiger partial charge in [-0.2, -0.15) is 0 Å². The number of hydrogen-bond acceptors (Lipinski definition) is 5. The Morgan fingerprint density at radius 1 is 1.15 bits per heavy atom. The van der Waals surface area contributed by atoms with E-state index in [2.05, 4.69) is 27.9 Å². The van der Waals surface area contributed by atoms with Crippen molar-refractivity contribution in [1.82, 2.24) is 9.71 Å². The van der Waals surface area contributed by atoms with Crippen molar-refractivity contribution in [2.45, 2.75) is 24.8 Å². The molecule has 5 nitrogen and oxygen atoms in total. The maximum atomic E-state index is 11.1. The highest BCUT2D eigenvalue weighted by atomic mass is 32.2. The van der Waals surface area contributed by atoms with Crippen LogP contribution in [0.4, 0.5) is 5.69 Å². The standard InChI is InChI=1S/C20H19N3O2S/c1-14-13-21-11-10-18(14)17-7-5-6-16(12-17)15(2)22-26-20-9-4-3-8-19(20)23(24)25/h3-13,15,22H,1-2H3. The number of hydrogen-bond donors (Lipinski definition) is 1. The van der Waals surface area contributed by atoms with Crippen LogP contribution >= 0.6 is 11.9 Å². The zero-order valence-electron chi connectivity index (χ0n) is 14.5. The molecule has 0 amide bonds. The first-order valence-electron chi connectivity index (χ1n) is 8.23. The predicted octanol–water partition coefficient (Wildman–Crippen LogP) is 5.32. The lowest BCUT2D eigenvalue weighted by atomic mass is 9.99. The third-order valence-electron chi connectivity index (χ3n) is 4.13. The minimum Gasteiger partial charge on any atom is -0.264 e. The van der Waals surface area contributed by atoms with E-state index in [4.69, 9.17) is 0 Å². The van der Waals surface area contributed by atoms with Gasteiger partial charge in [0.1, 0.15) is 4.90 Å². The summed E-state index contributed by atoms with van der Waals surface area (Å²) >= 11 is 1.28. The largest absolute Gasteiger partial charge is 0.284 e. The van der Waals surface area contributed by atoms with Crippen LogP contribution in [0.15, 0.2) is 71.9 Å². The third-order valence-corrected chi connectivity index (χ3v) is 5.16. The molecule has 0 saturated heterocycles. The average Bonchev–Trinajstić information content (AvgIpc) is 2.66. The van der Waals surface area contributed by atoms with Gasteiger partial charge in [0.15, 0.2) is 0 Å². The normalized spacial score (nSPS) is 11.9. The fourth-order valence-corrected chi connectivity index (χ4v) is 3.52. The van der Waals surface area contributed by atoms with Gasteiger partial charge in [-0.25, -0.2) is 0 Å². The second-order valence-corrected chi connectivity index (χ2v) is 6.86. The first-order valence-corrected chi connectivity index (χ1v) is 9.04. The molecule has 0 bridgehead atoms. The van der Waals surface area contributed by atoms with Crippen LogP contribution in [0.3, 0.4) is 0 Å². The van der Waals surface area contributed by atoms with Gasteiger partial charge < -0.3 is 0 Å². The molecule has 1 atom stereocenters. The molecule has 6 heteroatoms. The molecular formula is C20H19N3O2S. The van der Waals surface area contributed by atoms with Gasteiger partial charge in [0.05, 0.1) is 4.92 Å². The molecule has 0 aliphatic heterocycles. The van der Waals surface area contributed by atoms with Crippen molar-refractivity contribution in [3.8, 4) is 11.1 Å². The number of nitro benzene ring substituents is 1. The van der Waals surface area contributed by atoms with Gasteiger partial charge in [-0.3, -0.25) is 19.8 Å². The molecule has 0 aliphatic rings. The predicted molar refractivity (Wildman–Crippen MR) is 105 cm³/mol. The number of nitro groups is 1. The smallest absolute Gasteiger partial charge is 0.264 e. The van der Waals surface area contributed by atoms with Crippen molar-refractivity contribution in [1.29, 1.82) is 0 Å². The molecule has 0 fully saturated rings. The Bertz CT molecular complexity index is 930. The maximum absolute atomic E-state index is 11.1. The lowest BCUT2D eigenvalue weighted by molar-refractivity contribution is -0.387. The Balaban J connectivity index is 1.77. The molecule has 0 saturated carbocycles. The summed E-state index contributed by atoms with van der Waals surface area (Å²) in [5, 5.41) is 11.1. The Kier molecular flexibility index (Phi) is 5.65. The number of pyridine rings is 1. The quantitative estimate of drug-likeness (QED) is 0.363. The first kappa shape index (κ1) is 18.1. The van der Waals surface area contributed by atoms with E-state index in [1.165, 1.54) is 18.0 Å². The summed E-state index contributed by atoms with van der Waals surface area (Å²) in [5.74, 6) is 0. The van der Waals surface area contributed by atoms with Crippen LogP contribution in [-0.2, 0) is 0 Å². The molecule has 3 rings (SSSR count).